The van der Waals surface area contributed by atoms with Crippen LogP contribution in [0.3, 0.4) is 0 Å². The molecule has 0 aliphatic rings. The van der Waals surface area contributed by atoms with E-state index in [9.17, 15) is 4.79 Å². The van der Waals surface area contributed by atoms with E-state index >= 15 is 0 Å². The van der Waals surface area contributed by atoms with Crippen LogP contribution >= 0.6 is 11.8 Å². The average Bonchev–Trinajstić information content (AvgIpc) is 2.70. The van der Waals surface area contributed by atoms with Gasteiger partial charge in [-0.2, -0.15) is 4.98 Å². The number of thioether (sulfide) groups is 1. The minimum atomic E-state index is -0.309. The lowest BCUT2D eigenvalue weighted by molar-refractivity contribution is -0.139. The number of aromatic nitrogens is 2. The summed E-state index contributed by atoms with van der Waals surface area (Å²) in [4.78, 5) is 20.5. The zero-order valence-electron chi connectivity index (χ0n) is 16.6. The predicted molar refractivity (Wildman–Crippen MR) is 114 cm³/mol. The van der Waals surface area contributed by atoms with Gasteiger partial charge in [-0.1, -0.05) is 61.5 Å². The Hall–Kier alpha value is -2.34. The summed E-state index contributed by atoms with van der Waals surface area (Å²) in [5.74, 6) is 1.24. The van der Waals surface area contributed by atoms with Gasteiger partial charge >= 0.3 is 5.97 Å². The number of hydrogen-bond donors (Lipinski definition) is 0. The van der Waals surface area contributed by atoms with Gasteiger partial charge in [0.25, 0.3) is 0 Å². The molecule has 0 saturated heterocycles. The molecule has 0 fully saturated rings. The minimum absolute atomic E-state index is 0.309. The Morgan fingerprint density at radius 1 is 1.11 bits per heavy atom. The number of carbonyl (C=O) groups excluding carboxylic acids is 1. The molecule has 0 unspecified atom stereocenters. The summed E-state index contributed by atoms with van der Waals surface area (Å²) in [5.41, 5.74) is 2.37. The summed E-state index contributed by atoms with van der Waals surface area (Å²) < 4.78 is 10.7. The van der Waals surface area contributed by atoms with Crippen LogP contribution in [-0.2, 0) is 9.53 Å². The molecule has 5 nitrogen and oxygen atoms in total. The maximum atomic E-state index is 11.3. The van der Waals surface area contributed by atoms with Crippen LogP contribution in [0.2, 0.25) is 0 Å². The number of hydrogen-bond acceptors (Lipinski definition) is 6. The number of unbranched alkanes of at least 4 members (excludes halogenated alkanes) is 3. The molecule has 2 aromatic rings. The molecule has 0 bridgehead atoms. The molecule has 0 aliphatic heterocycles. The van der Waals surface area contributed by atoms with Crippen molar-refractivity contribution < 1.29 is 14.3 Å². The lowest BCUT2D eigenvalue weighted by Crippen LogP contribution is -2.06. The topological polar surface area (TPSA) is 61.3 Å². The van der Waals surface area contributed by atoms with Gasteiger partial charge in [0.2, 0.25) is 5.88 Å². The first-order valence-corrected chi connectivity index (χ1v) is 10.6. The first-order valence-electron chi connectivity index (χ1n) is 9.63. The smallest absolute Gasteiger partial charge is 0.333 e. The molecule has 0 spiro atoms. The van der Waals surface area contributed by atoms with Gasteiger partial charge in [-0.15, -0.1) is 0 Å². The molecule has 28 heavy (non-hydrogen) atoms. The van der Waals surface area contributed by atoms with Gasteiger partial charge < -0.3 is 9.47 Å². The van der Waals surface area contributed by atoms with Crippen molar-refractivity contribution >= 4 is 17.7 Å². The van der Waals surface area contributed by atoms with Gasteiger partial charge in [-0.3, -0.25) is 0 Å². The van der Waals surface area contributed by atoms with E-state index in [2.05, 4.69) is 16.5 Å². The van der Waals surface area contributed by atoms with E-state index in [1.807, 2.05) is 43.3 Å². The summed E-state index contributed by atoms with van der Waals surface area (Å²) in [6.07, 6.45) is 4.04. The maximum Gasteiger partial charge on any atom is 0.333 e. The van der Waals surface area contributed by atoms with Gasteiger partial charge in [-0.05, 0) is 26.7 Å². The van der Waals surface area contributed by atoms with Gasteiger partial charge in [0.05, 0.1) is 18.9 Å². The highest BCUT2D eigenvalue weighted by molar-refractivity contribution is 7.99. The number of rotatable bonds is 12. The molecular weight excluding hydrogens is 372 g/mol. The fourth-order valence-electron chi connectivity index (χ4n) is 2.46. The van der Waals surface area contributed by atoms with E-state index in [1.54, 1.807) is 18.7 Å². The number of benzene rings is 1. The van der Waals surface area contributed by atoms with E-state index < -0.39 is 0 Å². The number of esters is 1. The van der Waals surface area contributed by atoms with Crippen molar-refractivity contribution in [2.24, 2.45) is 0 Å². The number of ether oxygens (including phenoxy) is 2. The molecule has 0 saturated carbocycles. The Kier molecular flexibility index (Phi) is 9.55. The highest BCUT2D eigenvalue weighted by Crippen LogP contribution is 2.25. The molecule has 0 aliphatic carbocycles. The summed E-state index contributed by atoms with van der Waals surface area (Å²) in [5, 5.41) is 0.736. The van der Waals surface area contributed by atoms with Crippen LogP contribution in [0.4, 0.5) is 0 Å². The van der Waals surface area contributed by atoms with Gasteiger partial charge in [0, 0.05) is 23.0 Å². The predicted octanol–water partition coefficient (Wildman–Crippen LogP) is 5.31. The van der Waals surface area contributed by atoms with Crippen molar-refractivity contribution in [1.82, 2.24) is 9.97 Å². The van der Waals surface area contributed by atoms with Crippen molar-refractivity contribution in [3.05, 3.63) is 48.6 Å². The molecule has 6 heteroatoms. The van der Waals surface area contributed by atoms with Crippen molar-refractivity contribution in [2.75, 3.05) is 19.0 Å². The number of carbonyl (C=O) groups is 1. The van der Waals surface area contributed by atoms with E-state index in [1.165, 1.54) is 0 Å². The van der Waals surface area contributed by atoms with Gasteiger partial charge in [0.1, 0.15) is 0 Å². The minimum Gasteiger partial charge on any atom is -0.478 e. The third-order valence-electron chi connectivity index (χ3n) is 3.90. The zero-order valence-corrected chi connectivity index (χ0v) is 17.5. The largest absolute Gasteiger partial charge is 0.478 e. The summed E-state index contributed by atoms with van der Waals surface area (Å²) in [6, 6.07) is 11.9. The second kappa shape index (κ2) is 12.2. The van der Waals surface area contributed by atoms with Crippen LogP contribution in [0, 0.1) is 0 Å². The van der Waals surface area contributed by atoms with Crippen LogP contribution in [0.1, 0.15) is 39.5 Å². The van der Waals surface area contributed by atoms with Crippen LogP contribution in [0.25, 0.3) is 11.3 Å². The Morgan fingerprint density at radius 3 is 2.57 bits per heavy atom. The normalized spacial score (nSPS) is 10.5. The van der Waals surface area contributed by atoms with E-state index in [0.29, 0.717) is 24.7 Å². The third-order valence-corrected chi connectivity index (χ3v) is 4.83. The monoisotopic (exact) mass is 400 g/mol. The first-order chi connectivity index (χ1) is 13.6. The second-order valence-corrected chi connectivity index (χ2v) is 7.41. The maximum absolute atomic E-state index is 11.3. The van der Waals surface area contributed by atoms with Crippen LogP contribution < -0.4 is 4.74 Å². The molecule has 150 valence electrons. The zero-order chi connectivity index (χ0) is 20.2. The fraction of sp³-hybridized carbons (Fsp3) is 0.409. The van der Waals surface area contributed by atoms with Crippen LogP contribution in [-0.4, -0.2) is 34.9 Å². The summed E-state index contributed by atoms with van der Waals surface area (Å²) >= 11 is 1.64. The quantitative estimate of drug-likeness (QED) is 0.158. The van der Waals surface area contributed by atoms with Crippen molar-refractivity contribution in [2.45, 2.75) is 44.7 Å². The van der Waals surface area contributed by atoms with E-state index in [-0.39, 0.29) is 5.97 Å². The van der Waals surface area contributed by atoms with Crippen molar-refractivity contribution in [3.63, 3.8) is 0 Å². The molecule has 1 heterocycles. The Bertz CT molecular complexity index is 766. The van der Waals surface area contributed by atoms with Gasteiger partial charge in [0.15, 0.2) is 5.16 Å². The Morgan fingerprint density at radius 2 is 1.86 bits per heavy atom. The van der Waals surface area contributed by atoms with Gasteiger partial charge in [-0.25, -0.2) is 9.78 Å². The molecule has 2 rings (SSSR count). The standard InChI is InChI=1S/C22H28N2O3S/c1-4-26-20-16-19(18-12-8-7-9-13-18)23-22(24-20)28-15-11-6-5-10-14-27-21(25)17(2)3/h7-9,12-13,16H,2,4-6,10-11,14-15H2,1,3H3. The SMILES string of the molecule is C=C(C)C(=O)OCCCCCCSc1nc(OCC)cc(-c2ccccc2)n1. The van der Waals surface area contributed by atoms with Crippen molar-refractivity contribution in [1.29, 1.82) is 0 Å². The lowest BCUT2D eigenvalue weighted by atomic mass is 10.1. The third kappa shape index (κ3) is 7.72. The molecule has 1 aromatic carbocycles. The summed E-state index contributed by atoms with van der Waals surface area (Å²) in [6.45, 7) is 8.21. The van der Waals surface area contributed by atoms with Crippen LogP contribution in [0.5, 0.6) is 5.88 Å². The highest BCUT2D eigenvalue weighted by atomic mass is 32.2. The number of nitrogens with zero attached hydrogens (tertiary/aromatic N) is 2. The molecule has 1 aromatic heterocycles. The first kappa shape index (κ1) is 22.0. The lowest BCUT2D eigenvalue weighted by Gasteiger charge is -2.08. The average molecular weight is 401 g/mol. The van der Waals surface area contributed by atoms with Crippen molar-refractivity contribution in [3.8, 4) is 17.1 Å². The van der Waals surface area contributed by atoms with E-state index in [4.69, 9.17) is 9.47 Å². The Balaban J connectivity index is 1.78. The van der Waals surface area contributed by atoms with Crippen LogP contribution in [0.15, 0.2) is 53.7 Å². The molecule has 0 N–H and O–H groups in total. The molecule has 0 atom stereocenters. The van der Waals surface area contributed by atoms with E-state index in [0.717, 1.165) is 47.8 Å². The molecule has 0 amide bonds. The Labute approximate surface area is 171 Å². The highest BCUT2D eigenvalue weighted by Gasteiger charge is 2.08. The molecule has 0 radical (unpaired) electrons. The second-order valence-electron chi connectivity index (χ2n) is 6.35. The molecular formula is C22H28N2O3S. The summed E-state index contributed by atoms with van der Waals surface area (Å²) in [7, 11) is 0. The fourth-order valence-corrected chi connectivity index (χ4v) is 3.30.